The van der Waals surface area contributed by atoms with Crippen LogP contribution in [0.25, 0.3) is 0 Å². The van der Waals surface area contributed by atoms with Crippen LogP contribution in [0, 0.1) is 0 Å². The van der Waals surface area contributed by atoms with Crippen molar-refractivity contribution in [3.8, 4) is 17.2 Å². The second-order valence-electron chi connectivity index (χ2n) is 9.33. The second-order valence-corrected chi connectivity index (χ2v) is 10.1. The van der Waals surface area contributed by atoms with Crippen LogP contribution in [-0.2, 0) is 29.0 Å². The van der Waals surface area contributed by atoms with Crippen molar-refractivity contribution in [2.75, 3.05) is 32.9 Å². The fourth-order valence-electron chi connectivity index (χ4n) is 4.26. The molecule has 3 aromatic rings. The minimum Gasteiger partial charge on any atom is -0.508 e. The first-order valence-electron chi connectivity index (χ1n) is 13.2. The van der Waals surface area contributed by atoms with Crippen molar-refractivity contribution in [3.05, 3.63) is 86.9 Å². The predicted molar refractivity (Wildman–Crippen MR) is 156 cm³/mol. The molecule has 1 aliphatic heterocycles. The number of benzene rings is 3. The van der Waals surface area contributed by atoms with Crippen molar-refractivity contribution >= 4 is 29.7 Å². The molecule has 0 saturated heterocycles. The fourth-order valence-corrected chi connectivity index (χ4v) is 4.85. The van der Waals surface area contributed by atoms with E-state index < -0.39 is 6.10 Å². The highest BCUT2D eigenvalue weighted by Gasteiger charge is 2.21. The SMILES string of the molecule is O=CO.OCc1cc([C@@H](O)CNCCc2ccc3c(c2)O[C@H](COCCCc2c(Cl)cccc2Cl)CO3)ccc1O. The van der Waals surface area contributed by atoms with E-state index in [0.29, 0.717) is 65.6 Å². The average Bonchev–Trinajstić information content (AvgIpc) is 2.97. The number of carboxylic acid groups (broad SMARTS) is 1. The zero-order chi connectivity index (χ0) is 29.6. The Balaban J connectivity index is 0.00000147. The van der Waals surface area contributed by atoms with Crippen molar-refractivity contribution in [1.29, 1.82) is 0 Å². The Hall–Kier alpha value is -3.05. The van der Waals surface area contributed by atoms with Gasteiger partial charge in [0.05, 0.1) is 19.3 Å². The summed E-state index contributed by atoms with van der Waals surface area (Å²) < 4.78 is 17.8. The highest BCUT2D eigenvalue weighted by molar-refractivity contribution is 6.35. The molecule has 0 spiro atoms. The largest absolute Gasteiger partial charge is 0.508 e. The lowest BCUT2D eigenvalue weighted by atomic mass is 10.1. The second kappa shape index (κ2) is 17.0. The summed E-state index contributed by atoms with van der Waals surface area (Å²) in [5.74, 6) is 1.43. The molecule has 0 aromatic heterocycles. The molecule has 41 heavy (non-hydrogen) atoms. The van der Waals surface area contributed by atoms with Gasteiger partial charge in [0, 0.05) is 28.8 Å². The van der Waals surface area contributed by atoms with E-state index in [9.17, 15) is 15.3 Å². The van der Waals surface area contributed by atoms with Crippen LogP contribution < -0.4 is 14.8 Å². The zero-order valence-electron chi connectivity index (χ0n) is 22.5. The van der Waals surface area contributed by atoms with Gasteiger partial charge in [0.2, 0.25) is 0 Å². The lowest BCUT2D eigenvalue weighted by molar-refractivity contribution is -0.122. The summed E-state index contributed by atoms with van der Waals surface area (Å²) >= 11 is 12.5. The number of hydrogen-bond donors (Lipinski definition) is 5. The van der Waals surface area contributed by atoms with Gasteiger partial charge in [0.25, 0.3) is 6.47 Å². The number of rotatable bonds is 13. The van der Waals surface area contributed by atoms with Crippen LogP contribution in [0.4, 0.5) is 0 Å². The molecule has 1 heterocycles. The molecule has 0 bridgehead atoms. The van der Waals surface area contributed by atoms with Crippen LogP contribution in [-0.4, -0.2) is 65.9 Å². The van der Waals surface area contributed by atoms with E-state index in [1.165, 1.54) is 6.07 Å². The number of halogens is 2. The van der Waals surface area contributed by atoms with E-state index in [4.69, 9.17) is 47.3 Å². The number of ether oxygens (including phenoxy) is 3. The Morgan fingerprint density at radius 3 is 2.56 bits per heavy atom. The molecular weight excluding hydrogens is 573 g/mol. The normalized spacial score (nSPS) is 14.6. The Bertz CT molecular complexity index is 1240. The highest BCUT2D eigenvalue weighted by atomic mass is 35.5. The Morgan fingerprint density at radius 2 is 1.83 bits per heavy atom. The molecule has 0 amide bonds. The number of aliphatic hydroxyl groups is 2. The summed E-state index contributed by atoms with van der Waals surface area (Å²) in [6.07, 6.45) is 1.35. The molecule has 5 N–H and O–H groups in total. The lowest BCUT2D eigenvalue weighted by Crippen LogP contribution is -2.33. The molecule has 9 nitrogen and oxygen atoms in total. The Morgan fingerprint density at radius 1 is 1.07 bits per heavy atom. The van der Waals surface area contributed by atoms with Crippen LogP contribution in [0.15, 0.2) is 54.6 Å². The van der Waals surface area contributed by atoms with Crippen molar-refractivity contribution in [3.63, 3.8) is 0 Å². The molecule has 0 unspecified atom stereocenters. The number of aromatic hydroxyl groups is 1. The van der Waals surface area contributed by atoms with Crippen molar-refractivity contribution < 1.29 is 39.4 Å². The third kappa shape index (κ3) is 10.1. The summed E-state index contributed by atoms with van der Waals surface area (Å²) in [5, 5.41) is 40.9. The maximum absolute atomic E-state index is 10.4. The van der Waals surface area contributed by atoms with Gasteiger partial charge in [0.15, 0.2) is 17.6 Å². The van der Waals surface area contributed by atoms with Crippen molar-refractivity contribution in [1.82, 2.24) is 5.32 Å². The monoisotopic (exact) mass is 607 g/mol. The van der Waals surface area contributed by atoms with Gasteiger partial charge in [-0.2, -0.15) is 0 Å². The van der Waals surface area contributed by atoms with Gasteiger partial charge in [-0.25, -0.2) is 0 Å². The maximum Gasteiger partial charge on any atom is 0.290 e. The van der Waals surface area contributed by atoms with Gasteiger partial charge in [-0.15, -0.1) is 0 Å². The summed E-state index contributed by atoms with van der Waals surface area (Å²) in [6.45, 7) is 1.89. The van der Waals surface area contributed by atoms with Crippen LogP contribution in [0.3, 0.4) is 0 Å². The van der Waals surface area contributed by atoms with E-state index in [2.05, 4.69) is 5.32 Å². The molecule has 0 fully saturated rings. The first-order chi connectivity index (χ1) is 19.9. The number of phenols is 1. The quantitative estimate of drug-likeness (QED) is 0.140. The lowest BCUT2D eigenvalue weighted by Gasteiger charge is -2.27. The van der Waals surface area contributed by atoms with E-state index in [1.54, 1.807) is 12.1 Å². The first kappa shape index (κ1) is 32.5. The molecule has 4 rings (SSSR count). The topological polar surface area (TPSA) is 138 Å². The predicted octanol–water partition coefficient (Wildman–Crippen LogP) is 4.55. The van der Waals surface area contributed by atoms with Gasteiger partial charge in [0.1, 0.15) is 12.4 Å². The van der Waals surface area contributed by atoms with Gasteiger partial charge in [-0.1, -0.05) is 41.4 Å². The van der Waals surface area contributed by atoms with E-state index in [1.807, 2.05) is 36.4 Å². The summed E-state index contributed by atoms with van der Waals surface area (Å²) in [7, 11) is 0. The number of hydrogen-bond acceptors (Lipinski definition) is 8. The maximum atomic E-state index is 10.4. The highest BCUT2D eigenvalue weighted by Crippen LogP contribution is 2.33. The first-order valence-corrected chi connectivity index (χ1v) is 13.9. The third-order valence-corrected chi connectivity index (χ3v) is 7.10. The molecule has 0 aliphatic carbocycles. The Kier molecular flexibility index (Phi) is 13.5. The number of aliphatic hydroxyl groups excluding tert-OH is 2. The molecule has 2 atom stereocenters. The zero-order valence-corrected chi connectivity index (χ0v) is 24.0. The summed E-state index contributed by atoms with van der Waals surface area (Å²) in [4.78, 5) is 8.36. The van der Waals surface area contributed by atoms with Gasteiger partial charge in [-0.3, -0.25) is 4.79 Å². The Labute approximate surface area is 249 Å². The molecule has 3 aromatic carbocycles. The average molecular weight is 609 g/mol. The standard InChI is InChI=1S/C29H33Cl2NO6.CH2O2/c30-24-4-1-5-25(31)23(24)3-2-12-36-17-22-18-37-28-9-6-19(13-29(28)38-22)10-11-32-15-27(35)20-7-8-26(34)21(14-20)16-33;2-1-3/h1,4-9,13-14,22,27,32-35H,2-3,10-12,15-18H2;1H,(H,2,3)/t22-,27+;/m1./s1. The molecular formula is C30H35Cl2NO8. The molecule has 1 aliphatic rings. The van der Waals surface area contributed by atoms with Crippen LogP contribution in [0.2, 0.25) is 10.0 Å². The number of carbonyl (C=O) groups is 1. The van der Waals surface area contributed by atoms with Crippen molar-refractivity contribution in [2.45, 2.75) is 38.1 Å². The van der Waals surface area contributed by atoms with Crippen LogP contribution in [0.5, 0.6) is 17.2 Å². The number of fused-ring (bicyclic) bond motifs is 1. The minimum atomic E-state index is -0.747. The van der Waals surface area contributed by atoms with Crippen molar-refractivity contribution in [2.24, 2.45) is 0 Å². The summed E-state index contributed by atoms with van der Waals surface area (Å²) in [5.41, 5.74) is 3.06. The van der Waals surface area contributed by atoms with E-state index in [-0.39, 0.29) is 24.9 Å². The molecule has 0 saturated carbocycles. The minimum absolute atomic E-state index is 0.0163. The van der Waals surface area contributed by atoms with E-state index in [0.717, 1.165) is 30.4 Å². The van der Waals surface area contributed by atoms with Gasteiger partial charge in [-0.05, 0) is 78.9 Å². The smallest absolute Gasteiger partial charge is 0.290 e. The molecule has 0 radical (unpaired) electrons. The van der Waals surface area contributed by atoms with Crippen LogP contribution in [0.1, 0.15) is 34.8 Å². The molecule has 222 valence electrons. The van der Waals surface area contributed by atoms with E-state index >= 15 is 0 Å². The fraction of sp³-hybridized carbons (Fsp3) is 0.367. The van der Waals surface area contributed by atoms with Gasteiger partial charge < -0.3 is 40.0 Å². The van der Waals surface area contributed by atoms with Crippen LogP contribution >= 0.6 is 23.2 Å². The number of nitrogens with one attached hydrogen (secondary N) is 1. The molecule has 11 heteroatoms. The van der Waals surface area contributed by atoms with Gasteiger partial charge >= 0.3 is 0 Å². The third-order valence-electron chi connectivity index (χ3n) is 6.39. The summed E-state index contributed by atoms with van der Waals surface area (Å²) in [6, 6.07) is 16.2.